The fraction of sp³-hybridized carbons (Fsp3) is 0.579. The molecule has 0 aromatic heterocycles. The number of sulfonamides is 1. The Balaban J connectivity index is 2.08. The summed E-state index contributed by atoms with van der Waals surface area (Å²) >= 11 is 1.55. The molecule has 2 atom stereocenters. The molecule has 10 heteroatoms. The van der Waals surface area contributed by atoms with Crippen molar-refractivity contribution in [3.8, 4) is 0 Å². The number of benzene rings is 1. The molecule has 1 aromatic rings. The first-order valence-corrected chi connectivity index (χ1v) is 12.5. The smallest absolute Gasteiger partial charge is 0.407 e. The Bertz CT molecular complexity index is 773. The number of carbonyl (C=O) groups excluding carboxylic acids is 2. The van der Waals surface area contributed by atoms with Crippen LogP contribution in [0, 0.1) is 0 Å². The van der Waals surface area contributed by atoms with Crippen molar-refractivity contribution >= 4 is 33.8 Å². The minimum Gasteiger partial charge on any atom is -0.450 e. The Morgan fingerprint density at radius 3 is 2.69 bits per heavy atom. The van der Waals surface area contributed by atoms with Crippen LogP contribution in [-0.2, 0) is 19.6 Å². The number of nitrogens with zero attached hydrogens (tertiary/aromatic N) is 1. The summed E-state index contributed by atoms with van der Waals surface area (Å²) in [6.45, 7) is 2.87. The van der Waals surface area contributed by atoms with Crippen LogP contribution >= 0.6 is 11.8 Å². The van der Waals surface area contributed by atoms with Gasteiger partial charge in [-0.15, -0.1) is 0 Å². The molecule has 2 amide bonds. The standard InChI is InChI=1S/C19H29N3O5S2/c1-3-27-19(24)20-15-8-7-12-22(14-15)18(23)17(11-13-28-2)21-29(25,26)16-9-5-4-6-10-16/h4-6,9-10,15,17,21H,3,7-8,11-14H2,1-2H3,(H,20,24). The second-order valence-corrected chi connectivity index (χ2v) is 9.46. The van der Waals surface area contributed by atoms with E-state index in [1.54, 1.807) is 41.8 Å². The number of alkyl carbamates (subject to hydrolysis) is 1. The molecule has 1 fully saturated rings. The minimum atomic E-state index is -3.81. The molecule has 2 unspecified atom stereocenters. The van der Waals surface area contributed by atoms with Gasteiger partial charge in [0, 0.05) is 19.1 Å². The molecule has 29 heavy (non-hydrogen) atoms. The highest BCUT2D eigenvalue weighted by molar-refractivity contribution is 7.98. The Kier molecular flexibility index (Phi) is 9.25. The van der Waals surface area contributed by atoms with E-state index in [2.05, 4.69) is 10.0 Å². The van der Waals surface area contributed by atoms with E-state index in [9.17, 15) is 18.0 Å². The van der Waals surface area contributed by atoms with Gasteiger partial charge < -0.3 is 15.0 Å². The molecule has 0 bridgehead atoms. The number of hydrogen-bond acceptors (Lipinski definition) is 6. The zero-order valence-electron chi connectivity index (χ0n) is 16.8. The average molecular weight is 444 g/mol. The van der Waals surface area contributed by atoms with E-state index >= 15 is 0 Å². The van der Waals surface area contributed by atoms with Gasteiger partial charge in [-0.3, -0.25) is 4.79 Å². The SMILES string of the molecule is CCOC(=O)NC1CCCN(C(=O)C(CCSC)NS(=O)(=O)c2ccccc2)C1. The summed E-state index contributed by atoms with van der Waals surface area (Å²) in [7, 11) is -3.81. The fourth-order valence-corrected chi connectivity index (χ4v) is 4.89. The number of hydrogen-bond donors (Lipinski definition) is 2. The Morgan fingerprint density at radius 1 is 1.31 bits per heavy atom. The van der Waals surface area contributed by atoms with Gasteiger partial charge in [0.2, 0.25) is 15.9 Å². The first-order chi connectivity index (χ1) is 13.9. The quantitative estimate of drug-likeness (QED) is 0.603. The van der Waals surface area contributed by atoms with Crippen LogP contribution in [-0.4, -0.2) is 69.1 Å². The number of thioether (sulfide) groups is 1. The molecule has 1 aliphatic heterocycles. The minimum absolute atomic E-state index is 0.127. The maximum atomic E-state index is 13.1. The van der Waals surface area contributed by atoms with Gasteiger partial charge >= 0.3 is 6.09 Å². The number of ether oxygens (including phenoxy) is 1. The van der Waals surface area contributed by atoms with Crippen molar-refractivity contribution in [1.82, 2.24) is 14.9 Å². The monoisotopic (exact) mass is 443 g/mol. The van der Waals surface area contributed by atoms with Gasteiger partial charge in [0.15, 0.2) is 0 Å². The maximum Gasteiger partial charge on any atom is 0.407 e. The third kappa shape index (κ3) is 7.20. The lowest BCUT2D eigenvalue weighted by Gasteiger charge is -2.35. The molecule has 2 rings (SSSR count). The topological polar surface area (TPSA) is 105 Å². The molecule has 0 spiro atoms. The maximum absolute atomic E-state index is 13.1. The van der Waals surface area contributed by atoms with Crippen molar-refractivity contribution in [2.45, 2.75) is 43.2 Å². The van der Waals surface area contributed by atoms with E-state index in [1.807, 2.05) is 6.26 Å². The van der Waals surface area contributed by atoms with E-state index < -0.39 is 22.2 Å². The van der Waals surface area contributed by atoms with Crippen molar-refractivity contribution in [2.75, 3.05) is 31.7 Å². The third-order valence-electron chi connectivity index (χ3n) is 4.59. The van der Waals surface area contributed by atoms with Crippen molar-refractivity contribution in [3.05, 3.63) is 30.3 Å². The lowest BCUT2D eigenvalue weighted by atomic mass is 10.0. The number of likely N-dealkylation sites (tertiary alicyclic amines) is 1. The largest absolute Gasteiger partial charge is 0.450 e. The lowest BCUT2D eigenvalue weighted by molar-refractivity contribution is -0.134. The predicted octanol–water partition coefficient (Wildman–Crippen LogP) is 1.82. The number of amides is 2. The molecule has 1 aliphatic rings. The van der Waals surface area contributed by atoms with Gasteiger partial charge in [-0.1, -0.05) is 18.2 Å². The van der Waals surface area contributed by atoms with E-state index in [1.165, 1.54) is 12.1 Å². The van der Waals surface area contributed by atoms with Crippen molar-refractivity contribution in [2.24, 2.45) is 0 Å². The fourth-order valence-electron chi connectivity index (χ4n) is 3.18. The average Bonchev–Trinajstić information content (AvgIpc) is 2.71. The third-order valence-corrected chi connectivity index (χ3v) is 6.72. The van der Waals surface area contributed by atoms with Gasteiger partial charge in [0.05, 0.1) is 11.5 Å². The Morgan fingerprint density at radius 2 is 2.03 bits per heavy atom. The van der Waals surface area contributed by atoms with E-state index in [-0.39, 0.29) is 23.5 Å². The summed E-state index contributed by atoms with van der Waals surface area (Å²) in [5, 5.41) is 2.76. The highest BCUT2D eigenvalue weighted by atomic mass is 32.2. The molecule has 0 aliphatic carbocycles. The van der Waals surface area contributed by atoms with Crippen LogP contribution in [0.2, 0.25) is 0 Å². The molecule has 2 N–H and O–H groups in total. The van der Waals surface area contributed by atoms with Gasteiger partial charge in [-0.2, -0.15) is 16.5 Å². The molecular weight excluding hydrogens is 414 g/mol. The van der Waals surface area contributed by atoms with E-state index in [0.717, 1.165) is 12.8 Å². The summed E-state index contributed by atoms with van der Waals surface area (Å²) in [5.74, 6) is 0.375. The molecule has 8 nitrogen and oxygen atoms in total. The first kappa shape index (κ1) is 23.5. The van der Waals surface area contributed by atoms with E-state index in [4.69, 9.17) is 4.74 Å². The van der Waals surface area contributed by atoms with Gasteiger partial charge in [-0.25, -0.2) is 13.2 Å². The molecule has 0 radical (unpaired) electrons. The molecule has 1 saturated heterocycles. The van der Waals surface area contributed by atoms with Crippen molar-refractivity contribution in [3.63, 3.8) is 0 Å². The molecule has 0 saturated carbocycles. The highest BCUT2D eigenvalue weighted by Crippen LogP contribution is 2.16. The number of carbonyl (C=O) groups is 2. The van der Waals surface area contributed by atoms with Crippen LogP contribution in [0.5, 0.6) is 0 Å². The van der Waals surface area contributed by atoms with Crippen LogP contribution in [0.25, 0.3) is 0 Å². The van der Waals surface area contributed by atoms with Crippen LogP contribution in [0.15, 0.2) is 35.2 Å². The van der Waals surface area contributed by atoms with Crippen LogP contribution in [0.1, 0.15) is 26.2 Å². The Labute approximate surface area is 176 Å². The summed E-state index contributed by atoms with van der Waals surface area (Å²) < 4.78 is 32.9. The normalized spacial score (nSPS) is 18.1. The van der Waals surface area contributed by atoms with Crippen molar-refractivity contribution in [1.29, 1.82) is 0 Å². The predicted molar refractivity (Wildman–Crippen MR) is 113 cm³/mol. The summed E-state index contributed by atoms with van der Waals surface area (Å²) in [5.41, 5.74) is 0. The molecule has 162 valence electrons. The number of nitrogens with one attached hydrogen (secondary N) is 2. The van der Waals surface area contributed by atoms with Gasteiger partial charge in [-0.05, 0) is 50.3 Å². The van der Waals surface area contributed by atoms with Crippen molar-refractivity contribution < 1.29 is 22.7 Å². The number of rotatable bonds is 9. The molecular formula is C19H29N3O5S2. The summed E-state index contributed by atoms with van der Waals surface area (Å²) in [6.07, 6.45) is 3.26. The zero-order chi connectivity index (χ0) is 21.3. The van der Waals surface area contributed by atoms with Crippen LogP contribution in [0.4, 0.5) is 4.79 Å². The zero-order valence-corrected chi connectivity index (χ0v) is 18.4. The van der Waals surface area contributed by atoms with Crippen LogP contribution < -0.4 is 10.0 Å². The van der Waals surface area contributed by atoms with Gasteiger partial charge in [0.1, 0.15) is 6.04 Å². The highest BCUT2D eigenvalue weighted by Gasteiger charge is 2.32. The lowest BCUT2D eigenvalue weighted by Crippen LogP contribution is -2.55. The molecule has 1 aromatic carbocycles. The van der Waals surface area contributed by atoms with Gasteiger partial charge in [0.25, 0.3) is 0 Å². The number of piperidine rings is 1. The first-order valence-electron chi connectivity index (χ1n) is 9.65. The summed E-state index contributed by atoms with van der Waals surface area (Å²) in [6, 6.07) is 6.96. The van der Waals surface area contributed by atoms with Crippen LogP contribution in [0.3, 0.4) is 0 Å². The second kappa shape index (κ2) is 11.4. The van der Waals surface area contributed by atoms with E-state index in [0.29, 0.717) is 25.3 Å². The molecule has 1 heterocycles. The Hall–Kier alpha value is -1.78. The second-order valence-electron chi connectivity index (χ2n) is 6.76. The summed E-state index contributed by atoms with van der Waals surface area (Å²) in [4.78, 5) is 26.5.